The Kier molecular flexibility index (Phi) is 5.69. The van der Waals surface area contributed by atoms with E-state index < -0.39 is 5.63 Å². The van der Waals surface area contributed by atoms with Crippen LogP contribution >= 0.6 is 23.2 Å². The second-order valence-corrected chi connectivity index (χ2v) is 7.98. The Labute approximate surface area is 198 Å². The number of halogens is 2. The van der Waals surface area contributed by atoms with Gasteiger partial charge < -0.3 is 4.42 Å². The van der Waals surface area contributed by atoms with Gasteiger partial charge in [-0.2, -0.15) is 10.2 Å². The highest BCUT2D eigenvalue weighted by atomic mass is 35.5. The van der Waals surface area contributed by atoms with Crippen molar-refractivity contribution in [2.24, 2.45) is 5.10 Å². The SMILES string of the molecule is O=c1oc2ccccc2cc1-c1nn(-c2ccccc2)cc1/C=N/Nc1c(Cl)cccc1Cl. The summed E-state index contributed by atoms with van der Waals surface area (Å²) in [6, 6.07) is 23.9. The number of aromatic nitrogens is 2. The largest absolute Gasteiger partial charge is 0.422 e. The molecule has 0 amide bonds. The molecule has 0 saturated carbocycles. The maximum atomic E-state index is 12.8. The second kappa shape index (κ2) is 8.94. The van der Waals surface area contributed by atoms with Crippen LogP contribution in [0, 0.1) is 0 Å². The van der Waals surface area contributed by atoms with Crippen molar-refractivity contribution in [1.82, 2.24) is 9.78 Å². The number of fused-ring (bicyclic) bond motifs is 1. The first-order valence-corrected chi connectivity index (χ1v) is 10.8. The lowest BCUT2D eigenvalue weighted by molar-refractivity contribution is 0.563. The van der Waals surface area contributed by atoms with E-state index in [9.17, 15) is 4.79 Å². The number of rotatable bonds is 5. The summed E-state index contributed by atoms with van der Waals surface area (Å²) in [5, 5.41) is 10.6. The van der Waals surface area contributed by atoms with Gasteiger partial charge in [-0.25, -0.2) is 9.48 Å². The number of nitrogens with zero attached hydrogens (tertiary/aromatic N) is 3. The van der Waals surface area contributed by atoms with E-state index in [2.05, 4.69) is 15.6 Å². The van der Waals surface area contributed by atoms with Crippen molar-refractivity contribution >= 4 is 46.1 Å². The van der Waals surface area contributed by atoms with E-state index in [1.165, 1.54) is 0 Å². The highest BCUT2D eigenvalue weighted by Crippen LogP contribution is 2.30. The van der Waals surface area contributed by atoms with Crippen LogP contribution in [0.5, 0.6) is 0 Å². The minimum atomic E-state index is -0.483. The van der Waals surface area contributed by atoms with Gasteiger partial charge in [0.15, 0.2) is 0 Å². The first kappa shape index (κ1) is 21.0. The smallest absolute Gasteiger partial charge is 0.345 e. The summed E-state index contributed by atoms with van der Waals surface area (Å²) in [6.45, 7) is 0. The number of hydrogen-bond acceptors (Lipinski definition) is 5. The van der Waals surface area contributed by atoms with Crippen LogP contribution in [0.4, 0.5) is 5.69 Å². The molecule has 0 fully saturated rings. The summed E-state index contributed by atoms with van der Waals surface area (Å²) in [5.74, 6) is 0. The summed E-state index contributed by atoms with van der Waals surface area (Å²) in [4.78, 5) is 12.8. The third kappa shape index (κ3) is 4.26. The number of hydrogen-bond donors (Lipinski definition) is 1. The lowest BCUT2D eigenvalue weighted by atomic mass is 10.1. The first-order valence-electron chi connectivity index (χ1n) is 10.0. The molecule has 6 nitrogen and oxygen atoms in total. The number of para-hydroxylation sites is 3. The highest BCUT2D eigenvalue weighted by molar-refractivity contribution is 6.39. The van der Waals surface area contributed by atoms with Crippen LogP contribution in [0.1, 0.15) is 5.56 Å². The zero-order chi connectivity index (χ0) is 22.8. The van der Waals surface area contributed by atoms with E-state index >= 15 is 0 Å². The van der Waals surface area contributed by atoms with Gasteiger partial charge in [-0.05, 0) is 36.4 Å². The van der Waals surface area contributed by atoms with Crippen LogP contribution in [-0.2, 0) is 0 Å². The fraction of sp³-hybridized carbons (Fsp3) is 0. The topological polar surface area (TPSA) is 72.4 Å². The predicted octanol–water partition coefficient (Wildman–Crippen LogP) is 6.40. The standard InChI is InChI=1S/C25H16Cl2N4O2/c26-20-10-6-11-21(27)24(20)29-28-14-17-15-31(18-8-2-1-3-9-18)30-23(17)19-13-16-7-4-5-12-22(16)33-25(19)32/h1-15,29H/b28-14+. The predicted molar refractivity (Wildman–Crippen MR) is 133 cm³/mol. The van der Waals surface area contributed by atoms with E-state index in [1.54, 1.807) is 47.4 Å². The number of nitrogens with one attached hydrogen (secondary N) is 1. The maximum Gasteiger partial charge on any atom is 0.345 e. The number of anilines is 1. The lowest BCUT2D eigenvalue weighted by Crippen LogP contribution is -2.05. The summed E-state index contributed by atoms with van der Waals surface area (Å²) in [6.07, 6.45) is 3.36. The van der Waals surface area contributed by atoms with Crippen LogP contribution in [0.3, 0.4) is 0 Å². The van der Waals surface area contributed by atoms with Crippen molar-refractivity contribution in [3.05, 3.63) is 111 Å². The summed E-state index contributed by atoms with van der Waals surface area (Å²) in [7, 11) is 0. The van der Waals surface area contributed by atoms with Crippen molar-refractivity contribution in [2.45, 2.75) is 0 Å². The second-order valence-electron chi connectivity index (χ2n) is 7.17. The molecule has 162 valence electrons. The van der Waals surface area contributed by atoms with Crippen LogP contribution in [-0.4, -0.2) is 16.0 Å². The van der Waals surface area contributed by atoms with Gasteiger partial charge in [-0.1, -0.05) is 65.7 Å². The number of hydrazone groups is 1. The highest BCUT2D eigenvalue weighted by Gasteiger charge is 2.16. The van der Waals surface area contributed by atoms with E-state index in [0.29, 0.717) is 38.1 Å². The molecule has 0 radical (unpaired) electrons. The van der Waals surface area contributed by atoms with Crippen molar-refractivity contribution in [3.8, 4) is 16.9 Å². The zero-order valence-corrected chi connectivity index (χ0v) is 18.6. The van der Waals surface area contributed by atoms with Gasteiger partial charge >= 0.3 is 5.63 Å². The molecule has 2 aromatic heterocycles. The molecule has 0 unspecified atom stereocenters. The van der Waals surface area contributed by atoms with Crippen molar-refractivity contribution < 1.29 is 4.42 Å². The molecule has 33 heavy (non-hydrogen) atoms. The van der Waals surface area contributed by atoms with Crippen molar-refractivity contribution in [3.63, 3.8) is 0 Å². The fourth-order valence-electron chi connectivity index (χ4n) is 3.40. The Bertz CT molecular complexity index is 1520. The van der Waals surface area contributed by atoms with Crippen molar-refractivity contribution in [1.29, 1.82) is 0 Å². The molecule has 3 aromatic carbocycles. The monoisotopic (exact) mass is 474 g/mol. The van der Waals surface area contributed by atoms with Gasteiger partial charge in [0.05, 0.1) is 33.2 Å². The molecule has 0 aliphatic carbocycles. The fourth-order valence-corrected chi connectivity index (χ4v) is 3.88. The van der Waals surface area contributed by atoms with Crippen LogP contribution in [0.15, 0.2) is 99.4 Å². The van der Waals surface area contributed by atoms with E-state index in [4.69, 9.17) is 27.6 Å². The normalized spacial score (nSPS) is 11.3. The van der Waals surface area contributed by atoms with Crippen molar-refractivity contribution in [2.75, 3.05) is 5.43 Å². The Balaban J connectivity index is 1.60. The Morgan fingerprint density at radius 1 is 0.939 bits per heavy atom. The van der Waals surface area contributed by atoms with Gasteiger partial charge in [0.25, 0.3) is 0 Å². The molecule has 0 aliphatic rings. The third-order valence-electron chi connectivity index (χ3n) is 5.00. The maximum absolute atomic E-state index is 12.8. The molecular weight excluding hydrogens is 459 g/mol. The molecule has 0 aliphatic heterocycles. The average Bonchev–Trinajstić information content (AvgIpc) is 3.25. The van der Waals surface area contributed by atoms with Gasteiger partial charge in [0, 0.05) is 17.1 Å². The van der Waals surface area contributed by atoms with Gasteiger partial charge in [0.1, 0.15) is 11.3 Å². The van der Waals surface area contributed by atoms with Gasteiger partial charge in [-0.15, -0.1) is 0 Å². The van der Waals surface area contributed by atoms with Crippen LogP contribution < -0.4 is 11.1 Å². The lowest BCUT2D eigenvalue weighted by Gasteiger charge is -2.05. The van der Waals surface area contributed by atoms with Crippen LogP contribution in [0.2, 0.25) is 10.0 Å². The van der Waals surface area contributed by atoms with E-state index in [1.807, 2.05) is 48.5 Å². The van der Waals surface area contributed by atoms with Gasteiger partial charge in [0.2, 0.25) is 0 Å². The minimum absolute atomic E-state index is 0.334. The average molecular weight is 475 g/mol. The van der Waals surface area contributed by atoms with Gasteiger partial charge in [-0.3, -0.25) is 5.43 Å². The zero-order valence-electron chi connectivity index (χ0n) is 17.1. The molecule has 0 spiro atoms. The molecular formula is C25H16Cl2N4O2. The molecule has 1 N–H and O–H groups in total. The van der Waals surface area contributed by atoms with Crippen LogP contribution in [0.25, 0.3) is 27.9 Å². The molecule has 5 rings (SSSR count). The quantitative estimate of drug-likeness (QED) is 0.181. The summed E-state index contributed by atoms with van der Waals surface area (Å²) >= 11 is 12.4. The molecule has 0 saturated heterocycles. The number of benzene rings is 3. The summed E-state index contributed by atoms with van der Waals surface area (Å²) in [5.41, 5.74) is 5.60. The Morgan fingerprint density at radius 3 is 2.45 bits per heavy atom. The Morgan fingerprint density at radius 2 is 1.67 bits per heavy atom. The molecule has 0 atom stereocenters. The summed E-state index contributed by atoms with van der Waals surface area (Å²) < 4.78 is 7.21. The molecule has 2 heterocycles. The minimum Gasteiger partial charge on any atom is -0.422 e. The molecule has 8 heteroatoms. The Hall–Kier alpha value is -3.87. The molecule has 0 bridgehead atoms. The first-order chi connectivity index (χ1) is 16.1. The van der Waals surface area contributed by atoms with E-state index in [0.717, 1.165) is 11.1 Å². The van der Waals surface area contributed by atoms with E-state index in [-0.39, 0.29) is 0 Å². The third-order valence-corrected chi connectivity index (χ3v) is 5.63. The molecule has 5 aromatic rings.